The smallest absolute Gasteiger partial charge is 0.228 e. The molecule has 18 heavy (non-hydrogen) atoms. The number of aromatic nitrogens is 1. The maximum Gasteiger partial charge on any atom is 0.228 e. The highest BCUT2D eigenvalue weighted by Crippen LogP contribution is 2.19. The minimum Gasteiger partial charge on any atom is -0.310 e. The molecule has 2 heterocycles. The molecule has 1 amide bonds. The largest absolute Gasteiger partial charge is 0.310 e. The lowest BCUT2D eigenvalue weighted by Crippen LogP contribution is -2.38. The molecule has 1 aliphatic rings. The van der Waals surface area contributed by atoms with Crippen molar-refractivity contribution in [1.29, 1.82) is 0 Å². The van der Waals surface area contributed by atoms with Crippen molar-refractivity contribution in [2.24, 2.45) is 5.92 Å². The Labute approximate surface area is 112 Å². The fourth-order valence-electron chi connectivity index (χ4n) is 2.19. The minimum absolute atomic E-state index is 0.0700. The second-order valence-corrected chi connectivity index (χ2v) is 5.00. The third kappa shape index (κ3) is 3.43. The molecule has 1 aliphatic heterocycles. The van der Waals surface area contributed by atoms with Crippen molar-refractivity contribution in [3.63, 3.8) is 0 Å². The first-order chi connectivity index (χ1) is 8.69. The highest BCUT2D eigenvalue weighted by Gasteiger charge is 2.24. The average Bonchev–Trinajstić information content (AvgIpc) is 2.41. The Hall–Kier alpha value is -1.13. The van der Waals surface area contributed by atoms with E-state index in [2.05, 4.69) is 22.1 Å². The normalized spacial score (nSPS) is 17.7. The summed E-state index contributed by atoms with van der Waals surface area (Å²) < 4.78 is 0. The first kappa shape index (κ1) is 13.3. The Morgan fingerprint density at radius 3 is 2.78 bits per heavy atom. The predicted octanol–water partition coefficient (Wildman–Crippen LogP) is 2.41. The number of rotatable bonds is 3. The van der Waals surface area contributed by atoms with Crippen LogP contribution in [-0.4, -0.2) is 35.4 Å². The lowest BCUT2D eigenvalue weighted by atomic mass is 9.96. The van der Waals surface area contributed by atoms with Crippen LogP contribution in [0.25, 0.3) is 0 Å². The van der Waals surface area contributed by atoms with Crippen molar-refractivity contribution >= 4 is 23.3 Å². The number of carbonyl (C=O) groups is 1. The summed E-state index contributed by atoms with van der Waals surface area (Å²) in [5.41, 5.74) is 0. The van der Waals surface area contributed by atoms with Crippen LogP contribution in [-0.2, 0) is 4.79 Å². The Morgan fingerprint density at radius 1 is 1.50 bits per heavy atom. The number of hydrogen-bond donors (Lipinski definition) is 1. The van der Waals surface area contributed by atoms with Gasteiger partial charge in [0.25, 0.3) is 0 Å². The van der Waals surface area contributed by atoms with Crippen LogP contribution in [0.1, 0.15) is 19.8 Å². The quantitative estimate of drug-likeness (QED) is 0.915. The monoisotopic (exact) mass is 267 g/mol. The van der Waals surface area contributed by atoms with Crippen LogP contribution < -0.4 is 5.32 Å². The topological polar surface area (TPSA) is 45.2 Å². The number of carbonyl (C=O) groups excluding carboxylic acids is 1. The number of halogens is 1. The van der Waals surface area contributed by atoms with Gasteiger partial charge in [0.1, 0.15) is 5.82 Å². The summed E-state index contributed by atoms with van der Waals surface area (Å²) in [7, 11) is 0. The SMILES string of the molecule is CCN1CCC(C(=O)Nc2ccc(Cl)cn2)CC1. The summed E-state index contributed by atoms with van der Waals surface area (Å²) in [5.74, 6) is 0.744. The van der Waals surface area contributed by atoms with Crippen LogP contribution >= 0.6 is 11.6 Å². The van der Waals surface area contributed by atoms with Crippen LogP contribution in [0.5, 0.6) is 0 Å². The van der Waals surface area contributed by atoms with Crippen molar-refractivity contribution in [2.45, 2.75) is 19.8 Å². The van der Waals surface area contributed by atoms with Crippen molar-refractivity contribution in [2.75, 3.05) is 25.0 Å². The number of likely N-dealkylation sites (tertiary alicyclic amines) is 1. The predicted molar refractivity (Wildman–Crippen MR) is 72.7 cm³/mol. The van der Waals surface area contributed by atoms with E-state index in [1.165, 1.54) is 6.20 Å². The molecule has 0 aromatic carbocycles. The Bertz CT molecular complexity index is 399. The van der Waals surface area contributed by atoms with E-state index in [-0.39, 0.29) is 11.8 Å². The lowest BCUT2D eigenvalue weighted by molar-refractivity contribution is -0.121. The third-order valence-electron chi connectivity index (χ3n) is 3.38. The number of piperidine rings is 1. The van der Waals surface area contributed by atoms with E-state index < -0.39 is 0 Å². The number of anilines is 1. The highest BCUT2D eigenvalue weighted by atomic mass is 35.5. The number of nitrogens with one attached hydrogen (secondary N) is 1. The lowest BCUT2D eigenvalue weighted by Gasteiger charge is -2.30. The van der Waals surface area contributed by atoms with Gasteiger partial charge in [-0.1, -0.05) is 18.5 Å². The summed E-state index contributed by atoms with van der Waals surface area (Å²) >= 11 is 5.75. The van der Waals surface area contributed by atoms with E-state index in [1.807, 2.05) is 0 Å². The Morgan fingerprint density at radius 2 is 2.22 bits per heavy atom. The molecule has 4 nitrogen and oxygen atoms in total. The third-order valence-corrected chi connectivity index (χ3v) is 3.61. The molecule has 1 saturated heterocycles. The second-order valence-electron chi connectivity index (χ2n) is 4.56. The molecular formula is C13H18ClN3O. The van der Waals surface area contributed by atoms with E-state index in [0.717, 1.165) is 32.5 Å². The van der Waals surface area contributed by atoms with Gasteiger partial charge < -0.3 is 10.2 Å². The van der Waals surface area contributed by atoms with Gasteiger partial charge >= 0.3 is 0 Å². The molecule has 0 bridgehead atoms. The molecular weight excluding hydrogens is 250 g/mol. The summed E-state index contributed by atoms with van der Waals surface area (Å²) in [6, 6.07) is 3.45. The van der Waals surface area contributed by atoms with E-state index in [1.54, 1.807) is 12.1 Å². The highest BCUT2D eigenvalue weighted by molar-refractivity contribution is 6.30. The Balaban J connectivity index is 1.87. The average molecular weight is 268 g/mol. The number of hydrogen-bond acceptors (Lipinski definition) is 3. The first-order valence-corrected chi connectivity index (χ1v) is 6.71. The van der Waals surface area contributed by atoms with Gasteiger partial charge in [-0.15, -0.1) is 0 Å². The van der Waals surface area contributed by atoms with Crippen molar-refractivity contribution in [1.82, 2.24) is 9.88 Å². The zero-order valence-electron chi connectivity index (χ0n) is 10.5. The van der Waals surface area contributed by atoms with Crippen LogP contribution in [0.2, 0.25) is 5.02 Å². The molecule has 0 spiro atoms. The Kier molecular flexibility index (Phi) is 4.55. The zero-order valence-corrected chi connectivity index (χ0v) is 11.3. The molecule has 5 heteroatoms. The minimum atomic E-state index is 0.0700. The molecule has 0 aliphatic carbocycles. The van der Waals surface area contributed by atoms with Crippen LogP contribution in [0.4, 0.5) is 5.82 Å². The molecule has 2 rings (SSSR count). The summed E-state index contributed by atoms with van der Waals surface area (Å²) in [4.78, 5) is 18.5. The molecule has 1 aromatic rings. The van der Waals surface area contributed by atoms with E-state index in [9.17, 15) is 4.79 Å². The molecule has 0 atom stereocenters. The zero-order chi connectivity index (χ0) is 13.0. The summed E-state index contributed by atoms with van der Waals surface area (Å²) in [6.45, 7) is 5.22. The van der Waals surface area contributed by atoms with Crippen molar-refractivity contribution in [3.05, 3.63) is 23.4 Å². The summed E-state index contributed by atoms with van der Waals surface area (Å²) in [5, 5.41) is 3.42. The maximum absolute atomic E-state index is 12.0. The molecule has 1 fully saturated rings. The van der Waals surface area contributed by atoms with Gasteiger partial charge in [-0.3, -0.25) is 4.79 Å². The standard InChI is InChI=1S/C13H18ClN3O/c1-2-17-7-5-10(6-8-17)13(18)16-12-4-3-11(14)9-15-12/h3-4,9-10H,2,5-8H2,1H3,(H,15,16,18). The summed E-state index contributed by atoms with van der Waals surface area (Å²) in [6.07, 6.45) is 3.39. The van der Waals surface area contributed by atoms with E-state index in [4.69, 9.17) is 11.6 Å². The van der Waals surface area contributed by atoms with Crippen molar-refractivity contribution < 1.29 is 4.79 Å². The van der Waals surface area contributed by atoms with Gasteiger partial charge in [0.05, 0.1) is 5.02 Å². The van der Waals surface area contributed by atoms with E-state index >= 15 is 0 Å². The van der Waals surface area contributed by atoms with Crippen LogP contribution in [0.15, 0.2) is 18.3 Å². The molecule has 98 valence electrons. The van der Waals surface area contributed by atoms with Crippen LogP contribution in [0.3, 0.4) is 0 Å². The number of pyridine rings is 1. The second kappa shape index (κ2) is 6.16. The fourth-order valence-corrected chi connectivity index (χ4v) is 2.30. The first-order valence-electron chi connectivity index (χ1n) is 6.34. The molecule has 0 unspecified atom stereocenters. The van der Waals surface area contributed by atoms with Gasteiger partial charge in [0.15, 0.2) is 0 Å². The van der Waals surface area contributed by atoms with Gasteiger partial charge in [-0.25, -0.2) is 4.98 Å². The maximum atomic E-state index is 12.0. The van der Waals surface area contributed by atoms with Crippen molar-refractivity contribution in [3.8, 4) is 0 Å². The van der Waals surface area contributed by atoms with E-state index in [0.29, 0.717) is 10.8 Å². The molecule has 1 aromatic heterocycles. The molecule has 0 radical (unpaired) electrons. The molecule has 0 saturated carbocycles. The number of nitrogens with zero attached hydrogens (tertiary/aromatic N) is 2. The number of amides is 1. The van der Waals surface area contributed by atoms with Gasteiger partial charge in [0, 0.05) is 12.1 Å². The van der Waals surface area contributed by atoms with Gasteiger partial charge in [-0.05, 0) is 44.6 Å². The van der Waals surface area contributed by atoms with Crippen LogP contribution in [0, 0.1) is 5.92 Å². The fraction of sp³-hybridized carbons (Fsp3) is 0.538. The van der Waals surface area contributed by atoms with Gasteiger partial charge in [-0.2, -0.15) is 0 Å². The molecule has 1 N–H and O–H groups in total. The van der Waals surface area contributed by atoms with Gasteiger partial charge in [0.2, 0.25) is 5.91 Å².